The highest BCUT2D eigenvalue weighted by molar-refractivity contribution is 7.92. The summed E-state index contributed by atoms with van der Waals surface area (Å²) in [5, 5.41) is 9.70. The maximum atomic E-state index is 13.0. The van der Waals surface area contributed by atoms with Gasteiger partial charge in [0.05, 0.1) is 21.7 Å². The Balaban J connectivity index is 2.05. The fraction of sp³-hybridized carbons (Fsp3) is 0.625. The number of sulfone groups is 1. The Labute approximate surface area is 133 Å². The van der Waals surface area contributed by atoms with Crippen LogP contribution in [-0.2, 0) is 21.6 Å². The zero-order valence-corrected chi connectivity index (χ0v) is 13.5. The van der Waals surface area contributed by atoms with Crippen LogP contribution in [-0.4, -0.2) is 24.0 Å². The van der Waals surface area contributed by atoms with Crippen LogP contribution in [0.2, 0.25) is 0 Å². The normalized spacial score (nSPS) is 33.4. The minimum atomic E-state index is -4.49. The van der Waals surface area contributed by atoms with Crippen LogP contribution >= 0.6 is 0 Å². The summed E-state index contributed by atoms with van der Waals surface area (Å²) >= 11 is 0. The van der Waals surface area contributed by atoms with Gasteiger partial charge in [-0.3, -0.25) is 0 Å². The molecule has 0 aliphatic carbocycles. The van der Waals surface area contributed by atoms with Crippen LogP contribution in [0, 0.1) is 6.92 Å². The number of rotatable bonds is 1. The van der Waals surface area contributed by atoms with Crippen molar-refractivity contribution in [3.63, 3.8) is 0 Å². The number of fused-ring (bicyclic) bond motifs is 2. The van der Waals surface area contributed by atoms with Crippen LogP contribution in [0.1, 0.15) is 48.8 Å². The molecule has 0 spiro atoms. The Morgan fingerprint density at radius 3 is 2.26 bits per heavy atom. The van der Waals surface area contributed by atoms with E-state index in [1.165, 1.54) is 6.07 Å². The van der Waals surface area contributed by atoms with E-state index in [1.54, 1.807) is 6.92 Å². The Hall–Kier alpha value is -1.08. The molecule has 1 aromatic carbocycles. The van der Waals surface area contributed by atoms with Crippen LogP contribution in [0.3, 0.4) is 0 Å². The highest BCUT2D eigenvalue weighted by Gasteiger charge is 2.51. The van der Waals surface area contributed by atoms with Gasteiger partial charge in [-0.1, -0.05) is 12.5 Å². The van der Waals surface area contributed by atoms with Gasteiger partial charge in [-0.2, -0.15) is 13.2 Å². The molecule has 2 saturated heterocycles. The lowest BCUT2D eigenvalue weighted by molar-refractivity contribution is -0.137. The lowest BCUT2D eigenvalue weighted by Crippen LogP contribution is -2.50. The molecule has 0 amide bonds. The lowest BCUT2D eigenvalue weighted by atomic mass is 9.78. The van der Waals surface area contributed by atoms with Crippen LogP contribution in [0.4, 0.5) is 13.2 Å². The highest BCUT2D eigenvalue weighted by Crippen LogP contribution is 2.47. The predicted octanol–water partition coefficient (Wildman–Crippen LogP) is 3.33. The van der Waals surface area contributed by atoms with Crippen molar-refractivity contribution >= 4 is 9.84 Å². The first kappa shape index (κ1) is 16.8. The average Bonchev–Trinajstić information content (AvgIpc) is 2.40. The summed E-state index contributed by atoms with van der Waals surface area (Å²) in [6.07, 6.45) is -2.80. The average molecular weight is 348 g/mol. The largest absolute Gasteiger partial charge is 0.416 e. The number of halogens is 3. The zero-order valence-electron chi connectivity index (χ0n) is 12.7. The fourth-order valence-electron chi connectivity index (χ4n) is 3.97. The number of hydrogen-bond acceptors (Lipinski definition) is 3. The second-order valence-electron chi connectivity index (χ2n) is 6.73. The molecule has 0 saturated carbocycles. The van der Waals surface area contributed by atoms with E-state index in [-0.39, 0.29) is 18.4 Å². The first-order chi connectivity index (χ1) is 10.5. The van der Waals surface area contributed by atoms with Gasteiger partial charge in [-0.15, -0.1) is 0 Å². The summed E-state index contributed by atoms with van der Waals surface area (Å²) in [5.41, 5.74) is -1.56. The topological polar surface area (TPSA) is 54.4 Å². The molecule has 7 heteroatoms. The van der Waals surface area contributed by atoms with Crippen molar-refractivity contribution in [1.29, 1.82) is 0 Å². The highest BCUT2D eigenvalue weighted by atomic mass is 32.2. The van der Waals surface area contributed by atoms with Crippen molar-refractivity contribution in [2.24, 2.45) is 0 Å². The third kappa shape index (κ3) is 2.78. The molecule has 2 bridgehead atoms. The third-order valence-corrected chi connectivity index (χ3v) is 7.84. The van der Waals surface area contributed by atoms with Crippen LogP contribution in [0.5, 0.6) is 0 Å². The molecule has 2 heterocycles. The van der Waals surface area contributed by atoms with Crippen molar-refractivity contribution in [2.75, 3.05) is 0 Å². The first-order valence-corrected chi connectivity index (χ1v) is 9.28. The van der Waals surface area contributed by atoms with E-state index in [1.807, 2.05) is 0 Å². The van der Waals surface area contributed by atoms with E-state index in [0.29, 0.717) is 18.4 Å². The van der Waals surface area contributed by atoms with Gasteiger partial charge in [-0.25, -0.2) is 8.42 Å². The van der Waals surface area contributed by atoms with Crippen LogP contribution in [0.15, 0.2) is 18.2 Å². The van der Waals surface area contributed by atoms with Crippen LogP contribution < -0.4 is 0 Å². The molecule has 2 aliphatic heterocycles. The minimum Gasteiger partial charge on any atom is -0.385 e. The molecule has 0 aromatic heterocycles. The summed E-state index contributed by atoms with van der Waals surface area (Å²) in [4.78, 5) is 0. The molecule has 0 radical (unpaired) electrons. The van der Waals surface area contributed by atoms with Crippen molar-refractivity contribution in [1.82, 2.24) is 0 Å². The summed E-state index contributed by atoms with van der Waals surface area (Å²) in [5.74, 6) is 0. The minimum absolute atomic E-state index is 0.0199. The van der Waals surface area contributed by atoms with Gasteiger partial charge < -0.3 is 5.11 Å². The van der Waals surface area contributed by atoms with Crippen molar-refractivity contribution in [3.05, 3.63) is 34.9 Å². The van der Waals surface area contributed by atoms with E-state index in [4.69, 9.17) is 0 Å². The van der Waals surface area contributed by atoms with E-state index >= 15 is 0 Å². The van der Waals surface area contributed by atoms with Gasteiger partial charge in [0.15, 0.2) is 9.84 Å². The number of benzene rings is 1. The second kappa shape index (κ2) is 5.21. The van der Waals surface area contributed by atoms with Gasteiger partial charge in [-0.05, 0) is 55.9 Å². The predicted molar refractivity (Wildman–Crippen MR) is 79.7 cm³/mol. The van der Waals surface area contributed by atoms with Gasteiger partial charge in [0.25, 0.3) is 0 Å². The first-order valence-electron chi connectivity index (χ1n) is 7.67. The molecule has 3 nitrogen and oxygen atoms in total. The maximum absolute atomic E-state index is 13.0. The second-order valence-corrected chi connectivity index (χ2v) is 9.24. The van der Waals surface area contributed by atoms with E-state index in [0.717, 1.165) is 18.6 Å². The summed E-state index contributed by atoms with van der Waals surface area (Å²) in [6.45, 7) is 1.65. The third-order valence-electron chi connectivity index (χ3n) is 5.18. The molecule has 1 N–H and O–H groups in total. The quantitative estimate of drug-likeness (QED) is 0.847. The molecule has 2 unspecified atom stereocenters. The smallest absolute Gasteiger partial charge is 0.385 e. The summed E-state index contributed by atoms with van der Waals surface area (Å²) in [7, 11) is -3.28. The van der Waals surface area contributed by atoms with Gasteiger partial charge in [0.1, 0.15) is 0 Å². The molecule has 2 fully saturated rings. The molecule has 1 aromatic rings. The lowest BCUT2D eigenvalue weighted by Gasteiger charge is -2.44. The SMILES string of the molecule is Cc1ccc(C(F)(F)F)cc1C1(O)CC2CCCC(C1)S2(=O)=O. The van der Waals surface area contributed by atoms with Crippen molar-refractivity contribution < 1.29 is 26.7 Å². The Morgan fingerprint density at radius 2 is 1.74 bits per heavy atom. The monoisotopic (exact) mass is 348 g/mol. The number of aliphatic hydroxyl groups is 1. The van der Waals surface area contributed by atoms with E-state index < -0.39 is 37.7 Å². The number of hydrogen-bond donors (Lipinski definition) is 1. The molecule has 2 atom stereocenters. The van der Waals surface area contributed by atoms with Gasteiger partial charge in [0.2, 0.25) is 0 Å². The Bertz CT molecular complexity index is 705. The molecular formula is C16H19F3O3S. The molecular weight excluding hydrogens is 329 g/mol. The van der Waals surface area contributed by atoms with E-state index in [9.17, 15) is 26.7 Å². The summed E-state index contributed by atoms with van der Waals surface area (Å²) < 4.78 is 63.6. The summed E-state index contributed by atoms with van der Waals surface area (Å²) in [6, 6.07) is 3.31. The Kier molecular flexibility index (Phi) is 3.80. The van der Waals surface area contributed by atoms with Crippen molar-refractivity contribution in [3.8, 4) is 0 Å². The van der Waals surface area contributed by atoms with E-state index in [2.05, 4.69) is 0 Å². The molecule has 128 valence electrons. The molecule has 2 aliphatic rings. The molecule has 3 rings (SSSR count). The number of aryl methyl sites for hydroxylation is 1. The maximum Gasteiger partial charge on any atom is 0.416 e. The van der Waals surface area contributed by atoms with Crippen molar-refractivity contribution in [2.45, 2.75) is 61.3 Å². The van der Waals surface area contributed by atoms with Crippen LogP contribution in [0.25, 0.3) is 0 Å². The zero-order chi connectivity index (χ0) is 17.0. The van der Waals surface area contributed by atoms with Gasteiger partial charge in [0, 0.05) is 0 Å². The Morgan fingerprint density at radius 1 is 1.17 bits per heavy atom. The molecule has 23 heavy (non-hydrogen) atoms. The van der Waals surface area contributed by atoms with Gasteiger partial charge >= 0.3 is 6.18 Å². The number of alkyl halides is 3. The standard InChI is InChI=1S/C16H19F3O3S/c1-10-5-6-11(16(17,18)19)7-14(10)15(20)8-12-3-2-4-13(9-15)23(12,21)22/h5-7,12-13,20H,2-4,8-9H2,1H3. The fourth-order valence-corrected chi connectivity index (χ4v) is 6.52.